The largest absolute Gasteiger partial charge is 0.390 e. The van der Waals surface area contributed by atoms with Crippen molar-refractivity contribution in [2.45, 2.75) is 104 Å². The summed E-state index contributed by atoms with van der Waals surface area (Å²) < 4.78 is 0.949. The number of hydrogen-bond acceptors (Lipinski definition) is 2. The Morgan fingerprint density at radius 1 is 0.852 bits per heavy atom. The van der Waals surface area contributed by atoms with Crippen molar-refractivity contribution in [2.75, 3.05) is 32.8 Å². The predicted octanol–water partition coefficient (Wildman–Crippen LogP) is 6.27. The highest BCUT2D eigenvalue weighted by Gasteiger charge is 2.35. The Balaban J connectivity index is 1.91. The van der Waals surface area contributed by atoms with Crippen LogP contribution in [0.2, 0.25) is 0 Å². The van der Waals surface area contributed by atoms with Crippen molar-refractivity contribution in [3.63, 3.8) is 0 Å². The second-order valence-electron chi connectivity index (χ2n) is 8.26. The van der Waals surface area contributed by atoms with Gasteiger partial charge < -0.3 is 5.11 Å². The maximum Gasteiger partial charge on any atom is 0.198 e. The van der Waals surface area contributed by atoms with Crippen LogP contribution in [0.4, 0.5) is 0 Å². The van der Waals surface area contributed by atoms with Crippen LogP contribution in [0.1, 0.15) is 104 Å². The van der Waals surface area contributed by atoms with Gasteiger partial charge in [-0.3, -0.25) is 4.48 Å². The van der Waals surface area contributed by atoms with Crippen molar-refractivity contribution in [3.05, 3.63) is 12.2 Å². The Bertz CT molecular complexity index is 405. The Morgan fingerprint density at radius 3 is 2.04 bits per heavy atom. The van der Waals surface area contributed by atoms with E-state index in [1.807, 2.05) is 0 Å². The number of aliphatic hydroxyl groups excluding tert-OH is 1. The first-order valence-corrected chi connectivity index (χ1v) is 11.9. The monoisotopic (exact) mass is 379 g/mol. The van der Waals surface area contributed by atoms with Gasteiger partial charge in [0.2, 0.25) is 0 Å². The maximum atomic E-state index is 9.37. The van der Waals surface area contributed by atoms with Crippen LogP contribution in [0, 0.1) is 0 Å². The average molecular weight is 380 g/mol. The first-order valence-electron chi connectivity index (χ1n) is 11.9. The molecule has 0 aromatic carbocycles. The third-order valence-electron chi connectivity index (χ3n) is 6.15. The summed E-state index contributed by atoms with van der Waals surface area (Å²) in [5.74, 6) is 1.36. The molecule has 0 saturated carbocycles. The van der Waals surface area contributed by atoms with Crippen LogP contribution >= 0.6 is 0 Å². The number of aliphatic hydroxyl groups is 1. The molecule has 1 unspecified atom stereocenters. The van der Waals surface area contributed by atoms with E-state index in [1.165, 1.54) is 89.3 Å². The fourth-order valence-electron chi connectivity index (χ4n) is 4.26. The van der Waals surface area contributed by atoms with Gasteiger partial charge in [0.15, 0.2) is 5.84 Å². The molecule has 0 bridgehead atoms. The number of quaternary nitrogens is 1. The van der Waals surface area contributed by atoms with Gasteiger partial charge in [0, 0.05) is 6.42 Å². The molecule has 3 nitrogen and oxygen atoms in total. The van der Waals surface area contributed by atoms with Crippen LogP contribution in [0.3, 0.4) is 0 Å². The van der Waals surface area contributed by atoms with E-state index in [4.69, 9.17) is 4.99 Å². The molecular weight excluding hydrogens is 332 g/mol. The van der Waals surface area contributed by atoms with Gasteiger partial charge >= 0.3 is 0 Å². The Hall–Kier alpha value is -0.670. The zero-order valence-electron chi connectivity index (χ0n) is 18.4. The highest BCUT2D eigenvalue weighted by Crippen LogP contribution is 2.20. The summed E-state index contributed by atoms with van der Waals surface area (Å²) in [5.41, 5.74) is 0. The molecule has 158 valence electrons. The Labute approximate surface area is 169 Å². The van der Waals surface area contributed by atoms with Gasteiger partial charge in [-0.2, -0.15) is 0 Å². The van der Waals surface area contributed by atoms with E-state index in [2.05, 4.69) is 26.0 Å². The van der Waals surface area contributed by atoms with Gasteiger partial charge in [0.1, 0.15) is 13.1 Å². The molecule has 0 aromatic rings. The van der Waals surface area contributed by atoms with Gasteiger partial charge in [0.05, 0.1) is 19.7 Å². The van der Waals surface area contributed by atoms with E-state index in [9.17, 15) is 5.11 Å². The lowest BCUT2D eigenvalue weighted by molar-refractivity contribution is -0.835. The molecule has 1 aliphatic heterocycles. The zero-order valence-corrected chi connectivity index (χ0v) is 18.4. The van der Waals surface area contributed by atoms with Crippen molar-refractivity contribution in [3.8, 4) is 0 Å². The summed E-state index contributed by atoms with van der Waals surface area (Å²) >= 11 is 0. The Kier molecular flexibility index (Phi) is 14.7. The first-order chi connectivity index (χ1) is 13.3. The lowest BCUT2D eigenvalue weighted by Crippen LogP contribution is -2.52. The van der Waals surface area contributed by atoms with Crippen molar-refractivity contribution in [2.24, 2.45) is 4.99 Å². The lowest BCUT2D eigenvalue weighted by atomic mass is 10.0. The normalized spacial score (nSPS) is 19.9. The van der Waals surface area contributed by atoms with Crippen LogP contribution < -0.4 is 0 Å². The predicted molar refractivity (Wildman–Crippen MR) is 119 cm³/mol. The van der Waals surface area contributed by atoms with Crippen LogP contribution in [0.15, 0.2) is 17.1 Å². The van der Waals surface area contributed by atoms with Crippen molar-refractivity contribution in [1.29, 1.82) is 0 Å². The van der Waals surface area contributed by atoms with E-state index < -0.39 is 0 Å². The molecule has 0 amide bonds. The second kappa shape index (κ2) is 16.3. The first kappa shape index (κ1) is 24.4. The summed E-state index contributed by atoms with van der Waals surface area (Å²) in [5, 5.41) is 9.37. The number of amidine groups is 1. The fraction of sp³-hybridized carbons (Fsp3) is 0.875. The molecule has 1 N–H and O–H groups in total. The molecule has 0 saturated heterocycles. The third kappa shape index (κ3) is 10.4. The van der Waals surface area contributed by atoms with E-state index >= 15 is 0 Å². The molecule has 1 heterocycles. The molecule has 3 heteroatoms. The third-order valence-corrected chi connectivity index (χ3v) is 6.15. The van der Waals surface area contributed by atoms with E-state index in [0.29, 0.717) is 0 Å². The van der Waals surface area contributed by atoms with E-state index in [1.54, 1.807) is 0 Å². The van der Waals surface area contributed by atoms with Crippen molar-refractivity contribution in [1.82, 2.24) is 0 Å². The van der Waals surface area contributed by atoms with Crippen molar-refractivity contribution >= 4 is 5.84 Å². The zero-order chi connectivity index (χ0) is 19.6. The molecule has 0 aliphatic carbocycles. The summed E-state index contributed by atoms with van der Waals surface area (Å²) in [6.07, 6.45) is 23.5. The summed E-state index contributed by atoms with van der Waals surface area (Å²) in [6.45, 7) is 8.74. The van der Waals surface area contributed by atoms with Gasteiger partial charge in [-0.15, -0.1) is 0 Å². The molecule has 27 heavy (non-hydrogen) atoms. The smallest absolute Gasteiger partial charge is 0.198 e. The number of allylic oxidation sites excluding steroid dienone is 2. The van der Waals surface area contributed by atoms with Crippen LogP contribution in [-0.2, 0) is 0 Å². The van der Waals surface area contributed by atoms with Crippen LogP contribution in [0.5, 0.6) is 0 Å². The summed E-state index contributed by atoms with van der Waals surface area (Å²) in [6, 6.07) is 0. The minimum absolute atomic E-state index is 0.280. The van der Waals surface area contributed by atoms with Crippen molar-refractivity contribution < 1.29 is 9.59 Å². The van der Waals surface area contributed by atoms with Gasteiger partial charge in [0.25, 0.3) is 0 Å². The molecule has 1 aliphatic rings. The van der Waals surface area contributed by atoms with Gasteiger partial charge in [-0.25, -0.2) is 4.99 Å². The SMILES string of the molecule is CCC/C=C/CCCCCCCCCCCCC1=NCC[N+]1(CC)CCO. The molecule has 1 atom stereocenters. The minimum Gasteiger partial charge on any atom is -0.390 e. The Morgan fingerprint density at radius 2 is 1.44 bits per heavy atom. The molecule has 1 rings (SSSR count). The average Bonchev–Trinajstić information content (AvgIpc) is 3.08. The molecule has 0 fully saturated rings. The number of unbranched alkanes of at least 4 members (excludes halogenated alkanes) is 11. The number of rotatable bonds is 18. The highest BCUT2D eigenvalue weighted by molar-refractivity contribution is 5.76. The maximum absolute atomic E-state index is 9.37. The standard InChI is InChI=1S/C24H47N2O/c1-3-5-6-7-8-9-10-11-12-13-14-15-16-17-18-19-24-25-20-21-26(24,4-2)22-23-27/h6-7,27H,3-5,8-23H2,1-2H3/q+1/b7-6+. The number of aliphatic imine (C=N–C) groups is 1. The molecular formula is C24H47N2O+. The summed E-state index contributed by atoms with van der Waals surface area (Å²) in [4.78, 5) is 4.76. The lowest BCUT2D eigenvalue weighted by Gasteiger charge is -2.33. The fourth-order valence-corrected chi connectivity index (χ4v) is 4.26. The minimum atomic E-state index is 0.280. The van der Waals surface area contributed by atoms with E-state index in [-0.39, 0.29) is 6.61 Å². The molecule has 0 aromatic heterocycles. The molecule has 0 radical (unpaired) electrons. The van der Waals surface area contributed by atoms with Crippen LogP contribution in [-0.4, -0.2) is 48.2 Å². The highest BCUT2D eigenvalue weighted by atomic mass is 16.3. The molecule has 0 spiro atoms. The van der Waals surface area contributed by atoms with Gasteiger partial charge in [-0.05, 0) is 32.6 Å². The second-order valence-corrected chi connectivity index (χ2v) is 8.26. The number of likely N-dealkylation sites (N-methyl/N-ethyl adjacent to an activating group) is 1. The van der Waals surface area contributed by atoms with Gasteiger partial charge in [-0.1, -0.05) is 76.9 Å². The number of nitrogens with zero attached hydrogens (tertiary/aromatic N) is 2. The summed E-state index contributed by atoms with van der Waals surface area (Å²) in [7, 11) is 0. The topological polar surface area (TPSA) is 32.6 Å². The quantitative estimate of drug-likeness (QED) is 0.170. The van der Waals surface area contributed by atoms with E-state index in [0.717, 1.165) is 37.1 Å². The number of hydrogen-bond donors (Lipinski definition) is 1. The van der Waals surface area contributed by atoms with Crippen LogP contribution in [0.25, 0.3) is 0 Å².